The van der Waals surface area contributed by atoms with E-state index in [0.717, 1.165) is 11.1 Å². The number of alkyl carbamates (subject to hydrolysis) is 1. The lowest BCUT2D eigenvalue weighted by Crippen LogP contribution is -2.47. The van der Waals surface area contributed by atoms with Gasteiger partial charge in [0.25, 0.3) is 0 Å². The molecular weight excluding hydrogens is 368 g/mol. The molecule has 1 aliphatic heterocycles. The number of hydrogen-bond acceptors (Lipinski definition) is 5. The van der Waals surface area contributed by atoms with E-state index in [2.05, 4.69) is 5.32 Å². The molecule has 142 valence electrons. The van der Waals surface area contributed by atoms with Gasteiger partial charge < -0.3 is 4.74 Å². The lowest BCUT2D eigenvalue weighted by molar-refractivity contribution is -0.639. The smallest absolute Gasteiger partial charge is 0.416 e. The number of carbonyl (C=O) groups is 2. The number of quaternary nitrogens is 1. The molecule has 8 heteroatoms. The molecule has 1 aliphatic rings. The minimum atomic E-state index is -4.03. The highest BCUT2D eigenvalue weighted by molar-refractivity contribution is 7.86. The number of carbonyl (C=O) groups excluding carboxylic acids is 2. The quantitative estimate of drug-likeness (QED) is 0.626. The molecule has 0 spiro atoms. The topological polar surface area (TPSA) is 89.5 Å². The van der Waals surface area contributed by atoms with Gasteiger partial charge in [-0.05, 0) is 24.6 Å². The summed E-state index contributed by atoms with van der Waals surface area (Å²) in [6, 6.07) is 15.3. The third-order valence-electron chi connectivity index (χ3n) is 4.97. The molecule has 27 heavy (non-hydrogen) atoms. The van der Waals surface area contributed by atoms with Crippen molar-refractivity contribution < 1.29 is 26.6 Å². The maximum absolute atomic E-state index is 13.0. The van der Waals surface area contributed by atoms with Gasteiger partial charge in [-0.3, -0.25) is 5.32 Å². The fourth-order valence-electron chi connectivity index (χ4n) is 2.93. The molecule has 1 heterocycles. The predicted molar refractivity (Wildman–Crippen MR) is 97.7 cm³/mol. The second-order valence-corrected chi connectivity index (χ2v) is 8.93. The number of nitrogens with zero attached hydrogens (tertiary/aromatic N) is 1. The van der Waals surface area contributed by atoms with Crippen molar-refractivity contribution in [3.63, 3.8) is 0 Å². The minimum absolute atomic E-state index is 0.0192. The van der Waals surface area contributed by atoms with Crippen LogP contribution in [0.3, 0.4) is 0 Å². The van der Waals surface area contributed by atoms with Crippen LogP contribution in [-0.4, -0.2) is 37.0 Å². The van der Waals surface area contributed by atoms with Crippen LogP contribution >= 0.6 is 0 Å². The highest BCUT2D eigenvalue weighted by atomic mass is 32.2. The summed E-state index contributed by atoms with van der Waals surface area (Å²) in [6.07, 6.45) is -0.851. The minimum Gasteiger partial charge on any atom is -0.445 e. The molecule has 2 atom stereocenters. The highest BCUT2D eigenvalue weighted by Gasteiger charge is 2.84. The second kappa shape index (κ2) is 6.47. The summed E-state index contributed by atoms with van der Waals surface area (Å²) in [5, 5.41) is 2.41. The molecular formula is C19H21N2O5S+. The number of sulfonamides is 1. The summed E-state index contributed by atoms with van der Waals surface area (Å²) in [6.45, 7) is 3.24. The normalized spacial score (nSPS) is 24.3. The molecule has 2 amide bonds. The Bertz CT molecular complexity index is 989. The van der Waals surface area contributed by atoms with Crippen LogP contribution in [0.25, 0.3) is 0 Å². The summed E-state index contributed by atoms with van der Waals surface area (Å²) in [7, 11) is -2.76. The van der Waals surface area contributed by atoms with Crippen LogP contribution in [0.4, 0.5) is 4.79 Å². The first-order valence-corrected chi connectivity index (χ1v) is 9.79. The zero-order valence-electron chi connectivity index (χ0n) is 15.3. The van der Waals surface area contributed by atoms with E-state index in [4.69, 9.17) is 4.74 Å². The number of likely N-dealkylation sites (N-methyl/N-ethyl adjacent to an activating group) is 1. The average molecular weight is 389 g/mol. The van der Waals surface area contributed by atoms with E-state index in [1.807, 2.05) is 25.1 Å². The molecule has 1 fully saturated rings. The van der Waals surface area contributed by atoms with Gasteiger partial charge in [-0.15, -0.1) is 3.89 Å². The van der Waals surface area contributed by atoms with Gasteiger partial charge in [-0.25, -0.2) is 9.59 Å². The summed E-state index contributed by atoms with van der Waals surface area (Å²) in [5.41, 5.74) is 0.0841. The second-order valence-electron chi connectivity index (χ2n) is 6.78. The Hall–Kier alpha value is -2.71. The number of amides is 2. The standard InChI is InChI=1S/C19H20N2O5S/c1-14-9-11-16(12-10-14)27(24,25)21(3)17(22)19(21,2)20-18(23)26-13-15-7-5-4-6-8-15/h4-12H,13H2,1-3H3/p+1/t19-,21?/m0/s1. The van der Waals surface area contributed by atoms with E-state index in [0.29, 0.717) is 0 Å². The van der Waals surface area contributed by atoms with Crippen LogP contribution in [0.15, 0.2) is 59.5 Å². The van der Waals surface area contributed by atoms with Gasteiger partial charge in [-0.2, -0.15) is 8.42 Å². The van der Waals surface area contributed by atoms with E-state index in [9.17, 15) is 18.0 Å². The van der Waals surface area contributed by atoms with E-state index in [-0.39, 0.29) is 11.5 Å². The largest absolute Gasteiger partial charge is 0.445 e. The number of rotatable bonds is 5. The SMILES string of the molecule is Cc1ccc(S(=O)(=O)[N+]2(C)C(=O)[C@@]2(C)NC(=O)OCc2ccccc2)cc1. The van der Waals surface area contributed by atoms with Crippen molar-refractivity contribution in [2.24, 2.45) is 0 Å². The Kier molecular flexibility index (Phi) is 4.57. The summed E-state index contributed by atoms with van der Waals surface area (Å²) >= 11 is 0. The molecule has 7 nitrogen and oxygen atoms in total. The molecule has 0 saturated carbocycles. The van der Waals surface area contributed by atoms with Gasteiger partial charge >= 0.3 is 27.7 Å². The summed E-state index contributed by atoms with van der Waals surface area (Å²) in [5.74, 6) is -0.625. The van der Waals surface area contributed by atoms with Gasteiger partial charge in [-0.1, -0.05) is 48.0 Å². The van der Waals surface area contributed by atoms with E-state index < -0.39 is 31.6 Å². The van der Waals surface area contributed by atoms with Crippen LogP contribution in [0, 0.1) is 6.92 Å². The molecule has 1 N–H and O–H groups in total. The lowest BCUT2D eigenvalue weighted by Gasteiger charge is -2.17. The predicted octanol–water partition coefficient (Wildman–Crippen LogP) is 2.31. The molecule has 2 aromatic carbocycles. The van der Waals surface area contributed by atoms with Crippen molar-refractivity contribution in [2.75, 3.05) is 7.05 Å². The first-order valence-electron chi connectivity index (χ1n) is 8.35. The first kappa shape index (κ1) is 19.1. The Morgan fingerprint density at radius 1 is 1.11 bits per heavy atom. The number of aryl methyl sites for hydroxylation is 1. The average Bonchev–Trinajstić information content (AvgIpc) is 3.08. The number of benzene rings is 2. The monoisotopic (exact) mass is 389 g/mol. The number of hydrogen-bond donors (Lipinski definition) is 1. The summed E-state index contributed by atoms with van der Waals surface area (Å²) < 4.78 is 30.1. The van der Waals surface area contributed by atoms with Crippen LogP contribution in [0.1, 0.15) is 18.1 Å². The van der Waals surface area contributed by atoms with Crippen molar-refractivity contribution in [2.45, 2.75) is 31.0 Å². The van der Waals surface area contributed by atoms with E-state index in [1.54, 1.807) is 24.3 Å². The van der Waals surface area contributed by atoms with Gasteiger partial charge in [0.05, 0.1) is 7.05 Å². The summed E-state index contributed by atoms with van der Waals surface area (Å²) in [4.78, 5) is 24.6. The van der Waals surface area contributed by atoms with Crippen LogP contribution in [-0.2, 0) is 26.2 Å². The van der Waals surface area contributed by atoms with Crippen LogP contribution in [0.5, 0.6) is 0 Å². The fourth-order valence-corrected chi connectivity index (χ4v) is 4.80. The van der Waals surface area contributed by atoms with Crippen LogP contribution in [0.2, 0.25) is 0 Å². The molecule has 0 bridgehead atoms. The van der Waals surface area contributed by atoms with Gasteiger partial charge in [0.2, 0.25) is 0 Å². The molecule has 0 aliphatic carbocycles. The molecule has 1 saturated heterocycles. The van der Waals surface area contributed by atoms with Gasteiger partial charge in [0.15, 0.2) is 0 Å². The Morgan fingerprint density at radius 2 is 1.70 bits per heavy atom. The third kappa shape index (κ3) is 3.00. The molecule has 1 unspecified atom stereocenters. The van der Waals surface area contributed by atoms with Crippen molar-refractivity contribution in [1.29, 1.82) is 0 Å². The van der Waals surface area contributed by atoms with Crippen molar-refractivity contribution in [3.8, 4) is 0 Å². The molecule has 2 aromatic rings. The van der Waals surface area contributed by atoms with Gasteiger partial charge in [0.1, 0.15) is 11.5 Å². The lowest BCUT2D eigenvalue weighted by atomic mass is 10.2. The molecule has 0 aromatic heterocycles. The first-order chi connectivity index (χ1) is 12.6. The number of ether oxygens (including phenoxy) is 1. The van der Waals surface area contributed by atoms with E-state index >= 15 is 0 Å². The zero-order valence-corrected chi connectivity index (χ0v) is 16.1. The Morgan fingerprint density at radius 3 is 2.30 bits per heavy atom. The molecule has 3 rings (SSSR count). The zero-order chi connectivity index (χ0) is 19.9. The van der Waals surface area contributed by atoms with Crippen molar-refractivity contribution in [3.05, 3.63) is 65.7 Å². The van der Waals surface area contributed by atoms with Gasteiger partial charge in [0, 0.05) is 6.92 Å². The van der Waals surface area contributed by atoms with Crippen LogP contribution < -0.4 is 5.32 Å². The number of nitrogens with one attached hydrogen (secondary N) is 1. The van der Waals surface area contributed by atoms with Crippen molar-refractivity contribution >= 4 is 22.0 Å². The maximum Gasteiger partial charge on any atom is 0.416 e. The van der Waals surface area contributed by atoms with E-state index in [1.165, 1.54) is 26.1 Å². The molecule has 0 radical (unpaired) electrons. The van der Waals surface area contributed by atoms with Crippen molar-refractivity contribution in [1.82, 2.24) is 5.32 Å². The fraction of sp³-hybridized carbons (Fsp3) is 0.263. The third-order valence-corrected chi connectivity index (χ3v) is 7.33. The maximum atomic E-state index is 13.0. The highest BCUT2D eigenvalue weighted by Crippen LogP contribution is 2.46. The Balaban J connectivity index is 1.75. The Labute approximate surface area is 158 Å².